The number of nitrogens with one attached hydrogen (secondary N) is 1. The zero-order valence-corrected chi connectivity index (χ0v) is 14.8. The summed E-state index contributed by atoms with van der Waals surface area (Å²) in [5.74, 6) is 0.874. The highest BCUT2D eigenvalue weighted by molar-refractivity contribution is 9.10. The Morgan fingerprint density at radius 1 is 1.43 bits per heavy atom. The van der Waals surface area contributed by atoms with Gasteiger partial charge in [-0.25, -0.2) is 0 Å². The first-order chi connectivity index (χ1) is 10.1. The van der Waals surface area contributed by atoms with Crippen LogP contribution in [0.25, 0.3) is 0 Å². The summed E-state index contributed by atoms with van der Waals surface area (Å²) in [4.78, 5) is 0. The summed E-state index contributed by atoms with van der Waals surface area (Å²) in [7, 11) is 1.69. The summed E-state index contributed by atoms with van der Waals surface area (Å²) < 4.78 is 12.4. The quantitative estimate of drug-likeness (QED) is 0.838. The van der Waals surface area contributed by atoms with E-state index in [9.17, 15) is 0 Å². The molecule has 2 rings (SSSR count). The Balaban J connectivity index is 2.13. The molecule has 21 heavy (non-hydrogen) atoms. The van der Waals surface area contributed by atoms with Gasteiger partial charge in [0.15, 0.2) is 0 Å². The van der Waals surface area contributed by atoms with E-state index in [2.05, 4.69) is 47.2 Å². The van der Waals surface area contributed by atoms with Crippen molar-refractivity contribution < 1.29 is 9.47 Å². The van der Waals surface area contributed by atoms with Crippen LogP contribution in [0.15, 0.2) is 22.7 Å². The number of hydrogen-bond donors (Lipinski definition) is 1. The fourth-order valence-electron chi connectivity index (χ4n) is 3.05. The molecule has 0 radical (unpaired) electrons. The lowest BCUT2D eigenvalue weighted by Crippen LogP contribution is -2.53. The molecule has 0 aliphatic carbocycles. The molecule has 0 amide bonds. The molecule has 1 aromatic rings. The van der Waals surface area contributed by atoms with Gasteiger partial charge < -0.3 is 14.8 Å². The minimum absolute atomic E-state index is 0.0688. The highest BCUT2D eigenvalue weighted by Gasteiger charge is 2.36. The van der Waals surface area contributed by atoms with Crippen molar-refractivity contribution in [2.75, 3.05) is 20.3 Å². The number of rotatable bonds is 6. The van der Waals surface area contributed by atoms with Crippen LogP contribution in [0.2, 0.25) is 0 Å². The Morgan fingerprint density at radius 2 is 2.24 bits per heavy atom. The van der Waals surface area contributed by atoms with Crippen molar-refractivity contribution in [3.8, 4) is 5.75 Å². The van der Waals surface area contributed by atoms with Gasteiger partial charge in [0, 0.05) is 12.6 Å². The molecule has 1 aliphatic heterocycles. The van der Waals surface area contributed by atoms with Gasteiger partial charge in [0.05, 0.1) is 17.2 Å². The van der Waals surface area contributed by atoms with Crippen molar-refractivity contribution in [1.82, 2.24) is 5.32 Å². The number of benzene rings is 1. The Hall–Kier alpha value is -0.580. The zero-order valence-electron chi connectivity index (χ0n) is 13.2. The summed E-state index contributed by atoms with van der Waals surface area (Å²) in [6.07, 6.45) is 4.53. The van der Waals surface area contributed by atoms with Gasteiger partial charge in [-0.15, -0.1) is 0 Å². The standard InChI is InChI=1S/C17H26BrNO2/c1-4-19-16(17(2)9-5-6-10-21-17)12-13-7-8-15(20-3)14(18)11-13/h7-8,11,16,19H,4-6,9-10,12H2,1-3H3. The van der Waals surface area contributed by atoms with Crippen molar-refractivity contribution >= 4 is 15.9 Å². The fourth-order valence-corrected chi connectivity index (χ4v) is 3.64. The Kier molecular flexibility index (Phi) is 6.08. The number of halogens is 1. The molecule has 0 saturated carbocycles. The summed E-state index contributed by atoms with van der Waals surface area (Å²) in [5.41, 5.74) is 1.23. The normalized spacial score (nSPS) is 23.8. The van der Waals surface area contributed by atoms with E-state index in [4.69, 9.17) is 9.47 Å². The third-order valence-corrected chi connectivity index (χ3v) is 4.96. The van der Waals surface area contributed by atoms with E-state index in [1.54, 1.807) is 7.11 Å². The summed E-state index contributed by atoms with van der Waals surface area (Å²) in [6.45, 7) is 6.24. The molecular weight excluding hydrogens is 330 g/mol. The third kappa shape index (κ3) is 4.21. The Morgan fingerprint density at radius 3 is 2.81 bits per heavy atom. The predicted octanol–water partition coefficient (Wildman–Crippen LogP) is 3.94. The van der Waals surface area contributed by atoms with Crippen LogP contribution in [0.5, 0.6) is 5.75 Å². The van der Waals surface area contributed by atoms with Crippen LogP contribution in [-0.4, -0.2) is 31.9 Å². The maximum Gasteiger partial charge on any atom is 0.133 e. The minimum atomic E-state index is -0.0688. The van der Waals surface area contributed by atoms with Crippen molar-refractivity contribution in [2.24, 2.45) is 0 Å². The smallest absolute Gasteiger partial charge is 0.133 e. The summed E-state index contributed by atoms with van der Waals surface area (Å²) in [6, 6.07) is 6.64. The van der Waals surface area contributed by atoms with E-state index in [1.165, 1.54) is 18.4 Å². The fraction of sp³-hybridized carbons (Fsp3) is 0.647. The second kappa shape index (κ2) is 7.61. The van der Waals surface area contributed by atoms with Gasteiger partial charge in [0.2, 0.25) is 0 Å². The number of hydrogen-bond acceptors (Lipinski definition) is 3. The van der Waals surface area contributed by atoms with Gasteiger partial charge in [0.25, 0.3) is 0 Å². The third-order valence-electron chi connectivity index (χ3n) is 4.34. The molecule has 1 saturated heterocycles. The van der Waals surface area contributed by atoms with Crippen molar-refractivity contribution in [3.05, 3.63) is 28.2 Å². The predicted molar refractivity (Wildman–Crippen MR) is 90.1 cm³/mol. The number of likely N-dealkylation sites (N-methyl/N-ethyl adjacent to an activating group) is 1. The molecule has 2 atom stereocenters. The molecule has 3 nitrogen and oxygen atoms in total. The maximum atomic E-state index is 6.13. The van der Waals surface area contributed by atoms with Gasteiger partial charge in [-0.2, -0.15) is 0 Å². The second-order valence-corrected chi connectivity index (χ2v) is 6.76. The molecule has 0 bridgehead atoms. The summed E-state index contributed by atoms with van der Waals surface area (Å²) in [5, 5.41) is 3.62. The molecule has 1 aromatic carbocycles. The molecule has 1 aliphatic rings. The van der Waals surface area contributed by atoms with Gasteiger partial charge in [0.1, 0.15) is 5.75 Å². The lowest BCUT2D eigenvalue weighted by atomic mass is 9.84. The lowest BCUT2D eigenvalue weighted by Gasteiger charge is -2.41. The molecular formula is C17H26BrNO2. The topological polar surface area (TPSA) is 30.5 Å². The first-order valence-corrected chi connectivity index (χ1v) is 8.58. The first kappa shape index (κ1) is 16.8. The molecule has 1 N–H and O–H groups in total. The van der Waals surface area contributed by atoms with E-state index in [1.807, 2.05) is 6.07 Å². The van der Waals surface area contributed by atoms with Gasteiger partial charge in [-0.3, -0.25) is 0 Å². The molecule has 4 heteroatoms. The molecule has 0 spiro atoms. The minimum Gasteiger partial charge on any atom is -0.496 e. The van der Waals surface area contributed by atoms with Crippen LogP contribution in [0.3, 0.4) is 0 Å². The van der Waals surface area contributed by atoms with Crippen LogP contribution in [0, 0.1) is 0 Å². The zero-order chi connectivity index (χ0) is 15.3. The number of methoxy groups -OCH3 is 1. The van der Waals surface area contributed by atoms with Crippen LogP contribution in [-0.2, 0) is 11.2 Å². The SMILES string of the molecule is CCNC(Cc1ccc(OC)c(Br)c1)C1(C)CCCCO1. The van der Waals surface area contributed by atoms with Crippen LogP contribution in [0.1, 0.15) is 38.7 Å². The van der Waals surface area contributed by atoms with Crippen molar-refractivity contribution in [2.45, 2.75) is 51.2 Å². The average Bonchev–Trinajstić information content (AvgIpc) is 2.48. The van der Waals surface area contributed by atoms with Crippen LogP contribution < -0.4 is 10.1 Å². The van der Waals surface area contributed by atoms with E-state index < -0.39 is 0 Å². The highest BCUT2D eigenvalue weighted by atomic mass is 79.9. The van der Waals surface area contributed by atoms with Crippen LogP contribution >= 0.6 is 15.9 Å². The first-order valence-electron chi connectivity index (χ1n) is 7.79. The average molecular weight is 356 g/mol. The Bertz CT molecular complexity index is 458. The second-order valence-electron chi connectivity index (χ2n) is 5.90. The van der Waals surface area contributed by atoms with Gasteiger partial charge in [-0.05, 0) is 72.8 Å². The van der Waals surface area contributed by atoms with Gasteiger partial charge in [-0.1, -0.05) is 13.0 Å². The van der Waals surface area contributed by atoms with Crippen molar-refractivity contribution in [1.29, 1.82) is 0 Å². The monoisotopic (exact) mass is 355 g/mol. The van der Waals surface area contributed by atoms with E-state index >= 15 is 0 Å². The summed E-state index contributed by atoms with van der Waals surface area (Å²) >= 11 is 3.57. The van der Waals surface area contributed by atoms with E-state index in [0.29, 0.717) is 6.04 Å². The highest BCUT2D eigenvalue weighted by Crippen LogP contribution is 2.31. The Labute approximate surface area is 136 Å². The van der Waals surface area contributed by atoms with E-state index in [-0.39, 0.29) is 5.60 Å². The molecule has 1 fully saturated rings. The van der Waals surface area contributed by atoms with Crippen LogP contribution in [0.4, 0.5) is 0 Å². The molecule has 1 heterocycles. The van der Waals surface area contributed by atoms with Crippen molar-refractivity contribution in [3.63, 3.8) is 0 Å². The maximum absolute atomic E-state index is 6.13. The lowest BCUT2D eigenvalue weighted by molar-refractivity contribution is -0.0881. The molecule has 2 unspecified atom stereocenters. The molecule has 0 aromatic heterocycles. The van der Waals surface area contributed by atoms with E-state index in [0.717, 1.165) is 36.2 Å². The number of ether oxygens (including phenoxy) is 2. The molecule has 118 valence electrons. The van der Waals surface area contributed by atoms with Gasteiger partial charge >= 0.3 is 0 Å². The largest absolute Gasteiger partial charge is 0.496 e.